The van der Waals surface area contributed by atoms with Gasteiger partial charge in [0.05, 0.1) is 18.1 Å². The fourth-order valence-corrected chi connectivity index (χ4v) is 1.95. The van der Waals surface area contributed by atoms with Gasteiger partial charge in [0.1, 0.15) is 5.60 Å². The van der Waals surface area contributed by atoms with Crippen molar-refractivity contribution >= 4 is 15.9 Å². The van der Waals surface area contributed by atoms with Crippen LogP contribution in [0.15, 0.2) is 41.1 Å². The van der Waals surface area contributed by atoms with E-state index < -0.39 is 0 Å². The molecule has 4 heteroatoms. The first kappa shape index (κ1) is 12.2. The molecule has 17 heavy (non-hydrogen) atoms. The van der Waals surface area contributed by atoms with Crippen LogP contribution in [0.25, 0.3) is 5.69 Å². The van der Waals surface area contributed by atoms with Crippen molar-refractivity contribution in [3.05, 3.63) is 41.1 Å². The molecule has 0 unspecified atom stereocenters. The Kier molecular flexibility index (Phi) is 3.24. The predicted molar refractivity (Wildman–Crippen MR) is 71.6 cm³/mol. The van der Waals surface area contributed by atoms with Crippen molar-refractivity contribution in [2.75, 3.05) is 0 Å². The van der Waals surface area contributed by atoms with E-state index in [9.17, 15) is 0 Å². The standard InChI is InChI=1S/C13H15BrN2O/c1-13(2,3)17-10-8-15-16(9-10)12-7-5-4-6-11(12)14/h4-9H,1-3H3. The molecule has 0 aliphatic heterocycles. The zero-order chi connectivity index (χ0) is 12.5. The topological polar surface area (TPSA) is 27.1 Å². The Morgan fingerprint density at radius 1 is 1.24 bits per heavy atom. The number of nitrogens with zero attached hydrogens (tertiary/aromatic N) is 2. The second kappa shape index (κ2) is 4.53. The number of halogens is 1. The Morgan fingerprint density at radius 3 is 2.59 bits per heavy atom. The van der Waals surface area contributed by atoms with Crippen molar-refractivity contribution in [3.63, 3.8) is 0 Å². The molecular formula is C13H15BrN2O. The minimum atomic E-state index is -0.207. The summed E-state index contributed by atoms with van der Waals surface area (Å²) in [5.41, 5.74) is 0.790. The molecule has 0 saturated heterocycles. The van der Waals surface area contributed by atoms with E-state index >= 15 is 0 Å². The van der Waals surface area contributed by atoms with Crippen LogP contribution in [-0.2, 0) is 0 Å². The number of aromatic nitrogens is 2. The van der Waals surface area contributed by atoms with Gasteiger partial charge in [-0.3, -0.25) is 0 Å². The lowest BCUT2D eigenvalue weighted by molar-refractivity contribution is 0.131. The summed E-state index contributed by atoms with van der Waals surface area (Å²) >= 11 is 3.50. The quantitative estimate of drug-likeness (QED) is 0.842. The summed E-state index contributed by atoms with van der Waals surface area (Å²) in [6, 6.07) is 7.94. The smallest absolute Gasteiger partial charge is 0.158 e. The summed E-state index contributed by atoms with van der Waals surface area (Å²) < 4.78 is 8.55. The summed E-state index contributed by atoms with van der Waals surface area (Å²) in [6.07, 6.45) is 3.61. The normalized spacial score (nSPS) is 11.5. The molecule has 0 fully saturated rings. The zero-order valence-corrected chi connectivity index (χ0v) is 11.7. The van der Waals surface area contributed by atoms with Gasteiger partial charge in [-0.05, 0) is 48.8 Å². The lowest BCUT2D eigenvalue weighted by Gasteiger charge is -2.19. The van der Waals surface area contributed by atoms with Gasteiger partial charge >= 0.3 is 0 Å². The van der Waals surface area contributed by atoms with Crippen molar-refractivity contribution < 1.29 is 4.74 Å². The van der Waals surface area contributed by atoms with Crippen LogP contribution in [0.5, 0.6) is 5.75 Å². The number of ether oxygens (including phenoxy) is 1. The van der Waals surface area contributed by atoms with Crippen LogP contribution >= 0.6 is 15.9 Å². The van der Waals surface area contributed by atoms with E-state index in [4.69, 9.17) is 4.74 Å². The van der Waals surface area contributed by atoms with E-state index in [-0.39, 0.29) is 5.60 Å². The second-order valence-corrected chi connectivity index (χ2v) is 5.64. The van der Waals surface area contributed by atoms with Gasteiger partial charge in [0.25, 0.3) is 0 Å². The van der Waals surface area contributed by atoms with E-state index in [0.717, 1.165) is 15.9 Å². The summed E-state index contributed by atoms with van der Waals surface area (Å²) in [6.45, 7) is 6.05. The lowest BCUT2D eigenvalue weighted by Crippen LogP contribution is -2.22. The van der Waals surface area contributed by atoms with Crippen molar-refractivity contribution in [3.8, 4) is 11.4 Å². The Morgan fingerprint density at radius 2 is 1.94 bits per heavy atom. The van der Waals surface area contributed by atoms with E-state index in [1.54, 1.807) is 10.9 Å². The average Bonchev–Trinajstić information content (AvgIpc) is 2.64. The third kappa shape index (κ3) is 3.09. The van der Waals surface area contributed by atoms with Crippen LogP contribution in [0.4, 0.5) is 0 Å². The van der Waals surface area contributed by atoms with Gasteiger partial charge < -0.3 is 4.74 Å². The molecule has 0 amide bonds. The minimum absolute atomic E-state index is 0.207. The first-order valence-electron chi connectivity index (χ1n) is 5.44. The van der Waals surface area contributed by atoms with Crippen LogP contribution in [-0.4, -0.2) is 15.4 Å². The van der Waals surface area contributed by atoms with E-state index in [0.29, 0.717) is 0 Å². The highest BCUT2D eigenvalue weighted by molar-refractivity contribution is 9.10. The molecule has 1 heterocycles. The lowest BCUT2D eigenvalue weighted by atomic mass is 10.2. The highest BCUT2D eigenvalue weighted by Crippen LogP contribution is 2.23. The number of hydrogen-bond acceptors (Lipinski definition) is 2. The molecule has 0 N–H and O–H groups in total. The Labute approximate surface area is 110 Å². The first-order valence-corrected chi connectivity index (χ1v) is 6.23. The number of hydrogen-bond donors (Lipinski definition) is 0. The Balaban J connectivity index is 2.28. The maximum atomic E-state index is 5.75. The summed E-state index contributed by atoms with van der Waals surface area (Å²) in [4.78, 5) is 0. The van der Waals surface area contributed by atoms with Gasteiger partial charge in [-0.15, -0.1) is 0 Å². The molecule has 0 aliphatic rings. The molecule has 1 aromatic heterocycles. The molecule has 2 aromatic rings. The third-order valence-corrected chi connectivity index (χ3v) is 2.75. The van der Waals surface area contributed by atoms with Gasteiger partial charge in [-0.1, -0.05) is 12.1 Å². The van der Waals surface area contributed by atoms with Gasteiger partial charge in [-0.2, -0.15) is 5.10 Å². The number of benzene rings is 1. The van der Waals surface area contributed by atoms with Crippen LogP contribution in [0, 0.1) is 0 Å². The molecule has 0 saturated carbocycles. The van der Waals surface area contributed by atoms with Gasteiger partial charge in [0.2, 0.25) is 0 Å². The highest BCUT2D eigenvalue weighted by atomic mass is 79.9. The van der Waals surface area contributed by atoms with Gasteiger partial charge in [0.15, 0.2) is 5.75 Å². The molecule has 0 spiro atoms. The fourth-order valence-electron chi connectivity index (χ4n) is 1.48. The summed E-state index contributed by atoms with van der Waals surface area (Å²) in [5.74, 6) is 0.772. The van der Waals surface area contributed by atoms with E-state index in [1.807, 2.05) is 51.2 Å². The molecule has 1 aromatic carbocycles. The Bertz CT molecular complexity index is 514. The van der Waals surface area contributed by atoms with Crippen molar-refractivity contribution in [1.82, 2.24) is 9.78 Å². The summed E-state index contributed by atoms with van der Waals surface area (Å²) in [7, 11) is 0. The maximum absolute atomic E-state index is 5.75. The van der Waals surface area contributed by atoms with Crippen LogP contribution < -0.4 is 4.74 Å². The van der Waals surface area contributed by atoms with Crippen LogP contribution in [0.3, 0.4) is 0 Å². The molecular weight excluding hydrogens is 280 g/mol. The summed E-state index contributed by atoms with van der Waals surface area (Å²) in [5, 5.41) is 4.29. The number of para-hydroxylation sites is 1. The van der Waals surface area contributed by atoms with Crippen LogP contribution in [0.2, 0.25) is 0 Å². The fraction of sp³-hybridized carbons (Fsp3) is 0.308. The minimum Gasteiger partial charge on any atom is -0.485 e. The van der Waals surface area contributed by atoms with Crippen molar-refractivity contribution in [2.24, 2.45) is 0 Å². The second-order valence-electron chi connectivity index (χ2n) is 4.79. The Hall–Kier alpha value is -1.29. The zero-order valence-electron chi connectivity index (χ0n) is 10.1. The number of rotatable bonds is 2. The molecule has 0 aliphatic carbocycles. The molecule has 90 valence electrons. The SMILES string of the molecule is CC(C)(C)Oc1cnn(-c2ccccc2Br)c1. The molecule has 3 nitrogen and oxygen atoms in total. The van der Waals surface area contributed by atoms with Crippen molar-refractivity contribution in [2.45, 2.75) is 26.4 Å². The predicted octanol–water partition coefficient (Wildman–Crippen LogP) is 3.81. The average molecular weight is 295 g/mol. The highest BCUT2D eigenvalue weighted by Gasteiger charge is 2.13. The molecule has 2 rings (SSSR count). The van der Waals surface area contributed by atoms with Gasteiger partial charge in [-0.25, -0.2) is 4.68 Å². The first-order chi connectivity index (χ1) is 7.96. The molecule has 0 atom stereocenters. The van der Waals surface area contributed by atoms with Crippen molar-refractivity contribution in [1.29, 1.82) is 0 Å². The molecule has 0 bridgehead atoms. The largest absolute Gasteiger partial charge is 0.485 e. The maximum Gasteiger partial charge on any atom is 0.158 e. The van der Waals surface area contributed by atoms with Crippen LogP contribution in [0.1, 0.15) is 20.8 Å². The third-order valence-electron chi connectivity index (χ3n) is 2.08. The van der Waals surface area contributed by atoms with E-state index in [2.05, 4.69) is 21.0 Å². The monoisotopic (exact) mass is 294 g/mol. The molecule has 0 radical (unpaired) electrons. The van der Waals surface area contributed by atoms with Gasteiger partial charge in [0, 0.05) is 4.47 Å². The van der Waals surface area contributed by atoms with E-state index in [1.165, 1.54) is 0 Å².